The van der Waals surface area contributed by atoms with Gasteiger partial charge in [-0.05, 0) is 59.4 Å². The van der Waals surface area contributed by atoms with E-state index in [1.54, 1.807) is 0 Å². The van der Waals surface area contributed by atoms with Crippen LogP contribution >= 0.6 is 0 Å². The van der Waals surface area contributed by atoms with Crippen LogP contribution in [0, 0.1) is 0 Å². The molecule has 1 aliphatic heterocycles. The van der Waals surface area contributed by atoms with Crippen LogP contribution in [-0.4, -0.2) is 62.2 Å². The maximum absolute atomic E-state index is 3.31. The third-order valence-electron chi connectivity index (χ3n) is 4.84. The molecule has 0 bridgehead atoms. The van der Waals surface area contributed by atoms with E-state index < -0.39 is 0 Å². The number of hydrogen-bond acceptors (Lipinski definition) is 3. The summed E-state index contributed by atoms with van der Waals surface area (Å²) in [5.41, 5.74) is 0. The minimum atomic E-state index is 0.752. The van der Waals surface area contributed by atoms with Crippen LogP contribution in [0.25, 0.3) is 0 Å². The molecular weight excluding hydrogens is 222 g/mol. The molecule has 0 aromatic carbocycles. The first-order chi connectivity index (χ1) is 8.81. The molecule has 0 spiro atoms. The van der Waals surface area contributed by atoms with Crippen molar-refractivity contribution in [2.24, 2.45) is 0 Å². The van der Waals surface area contributed by atoms with Crippen molar-refractivity contribution in [3.63, 3.8) is 0 Å². The van der Waals surface area contributed by atoms with Crippen molar-refractivity contribution in [3.05, 3.63) is 0 Å². The fraction of sp³-hybridized carbons (Fsp3) is 1.00. The van der Waals surface area contributed by atoms with Crippen LogP contribution in [0.1, 0.15) is 44.9 Å². The van der Waals surface area contributed by atoms with Crippen LogP contribution in [-0.2, 0) is 0 Å². The van der Waals surface area contributed by atoms with Crippen LogP contribution in [0.5, 0.6) is 0 Å². The molecule has 1 N–H and O–H groups in total. The van der Waals surface area contributed by atoms with E-state index >= 15 is 0 Å². The summed E-state index contributed by atoms with van der Waals surface area (Å²) in [5.74, 6) is 0. The molecule has 1 heterocycles. The standard InChI is InChI=1S/C15H31N3/c1-16-10-9-15-13-18(12-6-11-17(15)2)14-7-4-3-5-8-14/h14-16H,3-13H2,1-2H3. The van der Waals surface area contributed by atoms with Crippen LogP contribution < -0.4 is 5.32 Å². The Hall–Kier alpha value is -0.120. The molecule has 1 saturated carbocycles. The first kappa shape index (κ1) is 14.3. The van der Waals surface area contributed by atoms with Gasteiger partial charge < -0.3 is 10.2 Å². The predicted molar refractivity (Wildman–Crippen MR) is 78.0 cm³/mol. The van der Waals surface area contributed by atoms with Crippen molar-refractivity contribution in [3.8, 4) is 0 Å². The summed E-state index contributed by atoms with van der Waals surface area (Å²) in [6.45, 7) is 5.04. The van der Waals surface area contributed by atoms with Gasteiger partial charge in [0.15, 0.2) is 0 Å². The highest BCUT2D eigenvalue weighted by Gasteiger charge is 2.27. The van der Waals surface area contributed by atoms with Crippen molar-refractivity contribution < 1.29 is 0 Å². The smallest absolute Gasteiger partial charge is 0.0232 e. The first-order valence-electron chi connectivity index (χ1n) is 7.90. The third kappa shape index (κ3) is 3.94. The third-order valence-corrected chi connectivity index (χ3v) is 4.84. The summed E-state index contributed by atoms with van der Waals surface area (Å²) in [4.78, 5) is 5.39. The fourth-order valence-electron chi connectivity index (χ4n) is 3.61. The predicted octanol–water partition coefficient (Wildman–Crippen LogP) is 1.93. The summed E-state index contributed by atoms with van der Waals surface area (Å²) in [6, 6.07) is 1.64. The molecule has 1 saturated heterocycles. The molecule has 18 heavy (non-hydrogen) atoms. The second-order valence-corrected chi connectivity index (χ2v) is 6.17. The van der Waals surface area contributed by atoms with Crippen molar-refractivity contribution in [1.82, 2.24) is 15.1 Å². The molecule has 1 aliphatic carbocycles. The molecule has 1 unspecified atom stereocenters. The molecular formula is C15H31N3. The number of hydrogen-bond donors (Lipinski definition) is 1. The summed E-state index contributed by atoms with van der Waals surface area (Å²) < 4.78 is 0. The second-order valence-electron chi connectivity index (χ2n) is 6.17. The van der Waals surface area contributed by atoms with Crippen molar-refractivity contribution in [1.29, 1.82) is 0 Å². The average Bonchev–Trinajstić information content (AvgIpc) is 2.60. The van der Waals surface area contributed by atoms with Crippen LogP contribution in [0.2, 0.25) is 0 Å². The van der Waals surface area contributed by atoms with Gasteiger partial charge in [-0.15, -0.1) is 0 Å². The zero-order valence-electron chi connectivity index (χ0n) is 12.3. The fourth-order valence-corrected chi connectivity index (χ4v) is 3.61. The van der Waals surface area contributed by atoms with Gasteiger partial charge in [0.25, 0.3) is 0 Å². The van der Waals surface area contributed by atoms with E-state index in [2.05, 4.69) is 29.2 Å². The van der Waals surface area contributed by atoms with Gasteiger partial charge in [0.1, 0.15) is 0 Å². The lowest BCUT2D eigenvalue weighted by Crippen LogP contribution is -2.44. The normalized spacial score (nSPS) is 29.3. The molecule has 0 radical (unpaired) electrons. The molecule has 0 aromatic heterocycles. The SMILES string of the molecule is CNCCC1CN(C2CCCCC2)CCCN1C. The molecule has 2 aliphatic rings. The lowest BCUT2D eigenvalue weighted by Gasteiger charge is -2.36. The highest BCUT2D eigenvalue weighted by Crippen LogP contribution is 2.24. The molecule has 1 atom stereocenters. The summed E-state index contributed by atoms with van der Waals surface area (Å²) in [6.07, 6.45) is 9.91. The van der Waals surface area contributed by atoms with Gasteiger partial charge in [0.05, 0.1) is 0 Å². The topological polar surface area (TPSA) is 18.5 Å². The summed E-state index contributed by atoms with van der Waals surface area (Å²) >= 11 is 0. The Bertz CT molecular complexity index is 226. The summed E-state index contributed by atoms with van der Waals surface area (Å²) in [7, 11) is 4.38. The van der Waals surface area contributed by atoms with E-state index in [0.29, 0.717) is 0 Å². The minimum absolute atomic E-state index is 0.752. The zero-order valence-corrected chi connectivity index (χ0v) is 12.3. The van der Waals surface area contributed by atoms with Gasteiger partial charge >= 0.3 is 0 Å². The Kier molecular flexibility index (Phi) is 5.93. The van der Waals surface area contributed by atoms with Crippen LogP contribution in [0.15, 0.2) is 0 Å². The molecule has 2 rings (SSSR count). The second kappa shape index (κ2) is 7.46. The van der Waals surface area contributed by atoms with E-state index in [9.17, 15) is 0 Å². The van der Waals surface area contributed by atoms with E-state index in [1.807, 2.05) is 0 Å². The monoisotopic (exact) mass is 253 g/mol. The Morgan fingerprint density at radius 2 is 1.83 bits per heavy atom. The lowest BCUT2D eigenvalue weighted by atomic mass is 9.93. The Morgan fingerprint density at radius 3 is 2.56 bits per heavy atom. The highest BCUT2D eigenvalue weighted by molar-refractivity contribution is 4.84. The van der Waals surface area contributed by atoms with Crippen LogP contribution in [0.3, 0.4) is 0 Å². The number of nitrogens with one attached hydrogen (secondary N) is 1. The van der Waals surface area contributed by atoms with Crippen molar-refractivity contribution in [2.45, 2.75) is 57.0 Å². The zero-order chi connectivity index (χ0) is 12.8. The molecule has 0 aromatic rings. The molecule has 3 nitrogen and oxygen atoms in total. The van der Waals surface area contributed by atoms with Gasteiger partial charge in [-0.3, -0.25) is 4.90 Å². The number of rotatable bonds is 4. The maximum atomic E-state index is 3.31. The van der Waals surface area contributed by atoms with Gasteiger partial charge in [-0.2, -0.15) is 0 Å². The molecule has 2 fully saturated rings. The van der Waals surface area contributed by atoms with E-state index in [-0.39, 0.29) is 0 Å². The Labute approximate surface area is 113 Å². The Morgan fingerprint density at radius 1 is 1.06 bits per heavy atom. The highest BCUT2D eigenvalue weighted by atomic mass is 15.2. The lowest BCUT2D eigenvalue weighted by molar-refractivity contribution is 0.133. The Balaban J connectivity index is 1.89. The maximum Gasteiger partial charge on any atom is 0.0232 e. The largest absolute Gasteiger partial charge is 0.320 e. The number of likely N-dealkylation sites (N-methyl/N-ethyl adjacent to an activating group) is 1. The van der Waals surface area contributed by atoms with Gasteiger partial charge in [0.2, 0.25) is 0 Å². The summed E-state index contributed by atoms with van der Waals surface area (Å²) in [5, 5.41) is 3.31. The molecule has 0 amide bonds. The molecule has 3 heteroatoms. The van der Waals surface area contributed by atoms with Crippen LogP contribution in [0.4, 0.5) is 0 Å². The number of nitrogens with zero attached hydrogens (tertiary/aromatic N) is 2. The van der Waals surface area contributed by atoms with E-state index in [4.69, 9.17) is 0 Å². The van der Waals surface area contributed by atoms with Gasteiger partial charge in [0, 0.05) is 18.6 Å². The van der Waals surface area contributed by atoms with Gasteiger partial charge in [-0.1, -0.05) is 19.3 Å². The van der Waals surface area contributed by atoms with E-state index in [1.165, 1.54) is 64.6 Å². The van der Waals surface area contributed by atoms with Gasteiger partial charge in [-0.25, -0.2) is 0 Å². The quantitative estimate of drug-likeness (QED) is 0.826. The average molecular weight is 253 g/mol. The van der Waals surface area contributed by atoms with Crippen molar-refractivity contribution in [2.75, 3.05) is 40.3 Å². The molecule has 106 valence electrons. The van der Waals surface area contributed by atoms with Crippen molar-refractivity contribution >= 4 is 0 Å². The van der Waals surface area contributed by atoms with E-state index in [0.717, 1.165) is 18.6 Å². The minimum Gasteiger partial charge on any atom is -0.320 e. The first-order valence-corrected chi connectivity index (χ1v) is 7.90.